The largest absolute Gasteiger partial charge is 0.357 e. The third-order valence-electron chi connectivity index (χ3n) is 4.77. The van der Waals surface area contributed by atoms with Crippen LogP contribution in [0.15, 0.2) is 29.3 Å². The second kappa shape index (κ2) is 8.34. The molecule has 0 fully saturated rings. The summed E-state index contributed by atoms with van der Waals surface area (Å²) >= 11 is 0. The Kier molecular flexibility index (Phi) is 5.91. The fraction of sp³-hybridized carbons (Fsp3) is 0.550. The van der Waals surface area contributed by atoms with Crippen molar-refractivity contribution in [2.24, 2.45) is 4.99 Å². The van der Waals surface area contributed by atoms with Crippen molar-refractivity contribution in [3.63, 3.8) is 0 Å². The van der Waals surface area contributed by atoms with Gasteiger partial charge in [0, 0.05) is 25.6 Å². The van der Waals surface area contributed by atoms with E-state index >= 15 is 0 Å². The lowest BCUT2D eigenvalue weighted by molar-refractivity contribution is 0.397. The molecule has 6 nitrogen and oxygen atoms in total. The molecular weight excluding hydrogens is 324 g/mol. The van der Waals surface area contributed by atoms with Gasteiger partial charge in [-0.2, -0.15) is 5.10 Å². The van der Waals surface area contributed by atoms with E-state index in [0.717, 1.165) is 50.1 Å². The van der Waals surface area contributed by atoms with E-state index in [1.54, 1.807) is 0 Å². The molecule has 1 aliphatic rings. The Labute approximate surface area is 156 Å². The summed E-state index contributed by atoms with van der Waals surface area (Å²) in [5, 5.41) is 11.4. The quantitative estimate of drug-likeness (QED) is 0.640. The van der Waals surface area contributed by atoms with Gasteiger partial charge in [-0.05, 0) is 39.2 Å². The highest BCUT2D eigenvalue weighted by atomic mass is 15.4. The van der Waals surface area contributed by atoms with E-state index in [1.165, 1.54) is 11.1 Å². The van der Waals surface area contributed by atoms with Crippen molar-refractivity contribution in [1.82, 2.24) is 25.4 Å². The Hall–Kier alpha value is -2.37. The average molecular weight is 355 g/mol. The average Bonchev–Trinajstić information content (AvgIpc) is 3.01. The van der Waals surface area contributed by atoms with Gasteiger partial charge in [0.2, 0.25) is 0 Å². The molecule has 1 aliphatic heterocycles. The molecule has 140 valence electrons. The van der Waals surface area contributed by atoms with Crippen LogP contribution >= 0.6 is 0 Å². The van der Waals surface area contributed by atoms with Crippen LogP contribution in [0.1, 0.15) is 61.4 Å². The fourth-order valence-electron chi connectivity index (χ4n) is 3.40. The van der Waals surface area contributed by atoms with Gasteiger partial charge in [-0.1, -0.05) is 36.8 Å². The molecule has 0 spiro atoms. The first kappa shape index (κ1) is 18.4. The molecule has 0 radical (unpaired) electrons. The van der Waals surface area contributed by atoms with Gasteiger partial charge in [0.1, 0.15) is 11.6 Å². The van der Waals surface area contributed by atoms with Crippen molar-refractivity contribution in [2.75, 3.05) is 13.1 Å². The number of rotatable bonds is 5. The maximum absolute atomic E-state index is 4.83. The van der Waals surface area contributed by atoms with Crippen LogP contribution in [-0.4, -0.2) is 33.8 Å². The molecule has 3 rings (SSSR count). The fourth-order valence-corrected chi connectivity index (χ4v) is 3.40. The summed E-state index contributed by atoms with van der Waals surface area (Å²) in [6.07, 6.45) is 2.16. The standard InChI is InChI=1S/C20H30N6/c1-5-21-20(22-13-15(3)17-9-6-8-14(2)12-17)24-18-10-7-11-26-19(18)23-16(4)25-26/h6,8-9,12,15,18H,5,7,10-11,13H2,1-4H3,(H2,21,22,24). The number of hydrogen-bond acceptors (Lipinski definition) is 3. The normalized spacial score (nSPS) is 18.3. The van der Waals surface area contributed by atoms with Crippen molar-refractivity contribution in [3.05, 3.63) is 47.0 Å². The molecule has 0 amide bonds. The van der Waals surface area contributed by atoms with Crippen LogP contribution in [0, 0.1) is 13.8 Å². The van der Waals surface area contributed by atoms with Crippen LogP contribution in [0.2, 0.25) is 0 Å². The van der Waals surface area contributed by atoms with Gasteiger partial charge in [0.15, 0.2) is 5.96 Å². The number of nitrogens with one attached hydrogen (secondary N) is 2. The predicted octanol–water partition coefficient (Wildman–Crippen LogP) is 3.09. The van der Waals surface area contributed by atoms with E-state index in [9.17, 15) is 0 Å². The smallest absolute Gasteiger partial charge is 0.191 e. The lowest BCUT2D eigenvalue weighted by Crippen LogP contribution is -2.41. The Morgan fingerprint density at radius 1 is 1.38 bits per heavy atom. The molecule has 0 bridgehead atoms. The summed E-state index contributed by atoms with van der Waals surface area (Å²) in [5.41, 5.74) is 2.62. The Balaban J connectivity index is 1.70. The summed E-state index contributed by atoms with van der Waals surface area (Å²) in [5.74, 6) is 3.09. The zero-order valence-corrected chi connectivity index (χ0v) is 16.3. The maximum Gasteiger partial charge on any atom is 0.191 e. The molecule has 0 saturated heterocycles. The number of aliphatic imine (C=N–C) groups is 1. The third-order valence-corrected chi connectivity index (χ3v) is 4.77. The van der Waals surface area contributed by atoms with Gasteiger partial charge in [-0.3, -0.25) is 4.99 Å². The monoisotopic (exact) mass is 354 g/mol. The molecule has 26 heavy (non-hydrogen) atoms. The highest BCUT2D eigenvalue weighted by molar-refractivity contribution is 5.80. The number of hydrogen-bond donors (Lipinski definition) is 2. The van der Waals surface area contributed by atoms with Crippen molar-refractivity contribution in [1.29, 1.82) is 0 Å². The first-order valence-corrected chi connectivity index (χ1v) is 9.59. The van der Waals surface area contributed by atoms with Crippen molar-refractivity contribution >= 4 is 5.96 Å². The highest BCUT2D eigenvalue weighted by Gasteiger charge is 2.24. The molecular formula is C20H30N6. The second-order valence-electron chi connectivity index (χ2n) is 7.11. The van der Waals surface area contributed by atoms with Crippen molar-refractivity contribution in [2.45, 2.75) is 59.0 Å². The van der Waals surface area contributed by atoms with E-state index in [1.807, 2.05) is 11.6 Å². The number of guanidine groups is 1. The highest BCUT2D eigenvalue weighted by Crippen LogP contribution is 2.23. The molecule has 2 atom stereocenters. The van der Waals surface area contributed by atoms with Crippen molar-refractivity contribution in [3.8, 4) is 0 Å². The van der Waals surface area contributed by atoms with Crippen LogP contribution < -0.4 is 10.6 Å². The summed E-state index contributed by atoms with van der Waals surface area (Å²) < 4.78 is 2.02. The predicted molar refractivity (Wildman–Crippen MR) is 105 cm³/mol. The van der Waals surface area contributed by atoms with E-state index < -0.39 is 0 Å². The minimum absolute atomic E-state index is 0.164. The Morgan fingerprint density at radius 3 is 3.00 bits per heavy atom. The molecule has 0 saturated carbocycles. The zero-order chi connectivity index (χ0) is 18.5. The van der Waals surface area contributed by atoms with Crippen LogP contribution in [-0.2, 0) is 6.54 Å². The lowest BCUT2D eigenvalue weighted by Gasteiger charge is -2.25. The van der Waals surface area contributed by atoms with Crippen molar-refractivity contribution < 1.29 is 0 Å². The molecule has 2 N–H and O–H groups in total. The van der Waals surface area contributed by atoms with Crippen LogP contribution in [0.5, 0.6) is 0 Å². The zero-order valence-electron chi connectivity index (χ0n) is 16.3. The molecule has 1 aromatic carbocycles. The SMILES string of the molecule is CCNC(=NCC(C)c1cccc(C)c1)NC1CCCn2nc(C)nc21. The van der Waals surface area contributed by atoms with E-state index in [2.05, 4.69) is 65.8 Å². The first-order valence-electron chi connectivity index (χ1n) is 9.59. The topological polar surface area (TPSA) is 67.1 Å². The summed E-state index contributed by atoms with van der Waals surface area (Å²) in [4.78, 5) is 9.44. The molecule has 2 unspecified atom stereocenters. The van der Waals surface area contributed by atoms with Crippen LogP contribution in [0.4, 0.5) is 0 Å². The summed E-state index contributed by atoms with van der Waals surface area (Å²) in [6, 6.07) is 8.84. The Bertz CT molecular complexity index is 763. The molecule has 1 aromatic heterocycles. The molecule has 2 aromatic rings. The van der Waals surface area contributed by atoms with Gasteiger partial charge in [0.05, 0.1) is 6.04 Å². The van der Waals surface area contributed by atoms with E-state index in [-0.39, 0.29) is 6.04 Å². The molecule has 6 heteroatoms. The van der Waals surface area contributed by atoms with Gasteiger partial charge in [0.25, 0.3) is 0 Å². The second-order valence-corrected chi connectivity index (χ2v) is 7.11. The van der Waals surface area contributed by atoms with E-state index in [4.69, 9.17) is 4.99 Å². The van der Waals surface area contributed by atoms with Crippen LogP contribution in [0.3, 0.4) is 0 Å². The maximum atomic E-state index is 4.83. The van der Waals surface area contributed by atoms with Gasteiger partial charge < -0.3 is 10.6 Å². The third kappa shape index (κ3) is 4.42. The molecule has 0 aliphatic carbocycles. The van der Waals surface area contributed by atoms with Gasteiger partial charge in [-0.15, -0.1) is 0 Å². The van der Waals surface area contributed by atoms with Gasteiger partial charge >= 0.3 is 0 Å². The number of fused-ring (bicyclic) bond motifs is 1. The molecule has 2 heterocycles. The summed E-state index contributed by atoms with van der Waals surface area (Å²) in [7, 11) is 0. The minimum Gasteiger partial charge on any atom is -0.357 e. The Morgan fingerprint density at radius 2 is 2.23 bits per heavy atom. The van der Waals surface area contributed by atoms with Gasteiger partial charge in [-0.25, -0.2) is 9.67 Å². The van der Waals surface area contributed by atoms with Crippen LogP contribution in [0.25, 0.3) is 0 Å². The summed E-state index contributed by atoms with van der Waals surface area (Å²) in [6.45, 7) is 10.9. The minimum atomic E-state index is 0.164. The number of aryl methyl sites for hydroxylation is 3. The lowest BCUT2D eigenvalue weighted by atomic mass is 10.00. The number of benzene rings is 1. The first-order chi connectivity index (χ1) is 12.6. The number of aromatic nitrogens is 3. The van der Waals surface area contributed by atoms with E-state index in [0.29, 0.717) is 5.92 Å². The number of nitrogens with zero attached hydrogens (tertiary/aromatic N) is 4.